The molecule has 3 heterocycles. The number of likely N-dealkylation sites (N-methyl/N-ethyl adjacent to an activating group) is 1. The molecule has 3 rings (SSSR count). The third-order valence-corrected chi connectivity index (χ3v) is 5.12. The van der Waals surface area contributed by atoms with Crippen molar-refractivity contribution in [3.8, 4) is 0 Å². The number of hydrogen-bond donors (Lipinski definition) is 1. The number of aryl methyl sites for hydroxylation is 1. The fraction of sp³-hybridized carbons (Fsp3) is 0.556. The van der Waals surface area contributed by atoms with Crippen molar-refractivity contribution in [2.75, 3.05) is 39.3 Å². The minimum atomic E-state index is -0.0119. The van der Waals surface area contributed by atoms with E-state index in [9.17, 15) is 4.79 Å². The molecule has 1 saturated heterocycles. The summed E-state index contributed by atoms with van der Waals surface area (Å²) in [7, 11) is 0. The van der Waals surface area contributed by atoms with E-state index in [0.717, 1.165) is 43.9 Å². The van der Waals surface area contributed by atoms with E-state index in [1.54, 1.807) is 12.5 Å². The van der Waals surface area contributed by atoms with Gasteiger partial charge in [0, 0.05) is 44.5 Å². The third kappa shape index (κ3) is 3.44. The Balaban J connectivity index is 1.57. The second-order valence-corrected chi connectivity index (χ2v) is 6.55. The Morgan fingerprint density at radius 3 is 2.75 bits per heavy atom. The van der Waals surface area contributed by atoms with E-state index in [2.05, 4.69) is 33.9 Å². The number of pyridine rings is 1. The predicted octanol–water partition coefficient (Wildman–Crippen LogP) is 1.40. The molecule has 2 aromatic heterocycles. The van der Waals surface area contributed by atoms with Crippen molar-refractivity contribution in [2.24, 2.45) is 0 Å². The van der Waals surface area contributed by atoms with Crippen LogP contribution in [-0.2, 0) is 0 Å². The molecule has 2 aromatic rings. The Hall–Kier alpha value is -1.92. The van der Waals surface area contributed by atoms with Crippen LogP contribution in [0.3, 0.4) is 0 Å². The number of nitrogens with one attached hydrogen (secondary N) is 1. The highest BCUT2D eigenvalue weighted by atomic mass is 16.1. The quantitative estimate of drug-likeness (QED) is 0.901. The minimum absolute atomic E-state index is 0.0119. The third-order valence-electron chi connectivity index (χ3n) is 5.12. The van der Waals surface area contributed by atoms with Crippen molar-refractivity contribution in [2.45, 2.75) is 26.8 Å². The number of carbonyl (C=O) groups is 1. The van der Waals surface area contributed by atoms with Crippen LogP contribution >= 0.6 is 0 Å². The zero-order valence-electron chi connectivity index (χ0n) is 14.8. The van der Waals surface area contributed by atoms with Crippen LogP contribution in [0.1, 0.15) is 29.9 Å². The Morgan fingerprint density at radius 2 is 2.04 bits per heavy atom. The van der Waals surface area contributed by atoms with Crippen LogP contribution in [0.2, 0.25) is 0 Å². The maximum Gasteiger partial charge on any atom is 0.253 e. The van der Waals surface area contributed by atoms with E-state index in [1.165, 1.54) is 0 Å². The van der Waals surface area contributed by atoms with Gasteiger partial charge in [0.05, 0.1) is 23.6 Å². The summed E-state index contributed by atoms with van der Waals surface area (Å²) in [6.07, 6.45) is 3.55. The first kappa shape index (κ1) is 16.9. The monoisotopic (exact) mass is 329 g/mol. The molecule has 1 unspecified atom stereocenters. The van der Waals surface area contributed by atoms with Crippen LogP contribution < -0.4 is 5.32 Å². The highest BCUT2D eigenvalue weighted by molar-refractivity contribution is 5.95. The lowest BCUT2D eigenvalue weighted by Gasteiger charge is -2.37. The summed E-state index contributed by atoms with van der Waals surface area (Å²) >= 11 is 0. The number of fused-ring (bicyclic) bond motifs is 1. The molecule has 0 aromatic carbocycles. The van der Waals surface area contributed by atoms with Crippen molar-refractivity contribution >= 4 is 11.4 Å². The average molecular weight is 329 g/mol. The topological polar surface area (TPSA) is 52.9 Å². The lowest BCUT2D eigenvalue weighted by Crippen LogP contribution is -2.52. The first-order valence-corrected chi connectivity index (χ1v) is 8.76. The van der Waals surface area contributed by atoms with Gasteiger partial charge in [-0.1, -0.05) is 6.92 Å². The van der Waals surface area contributed by atoms with Gasteiger partial charge >= 0.3 is 0 Å². The number of nitrogens with zero attached hydrogens (tertiary/aromatic N) is 4. The van der Waals surface area contributed by atoms with Gasteiger partial charge in [-0.05, 0) is 32.5 Å². The molecule has 1 aliphatic heterocycles. The van der Waals surface area contributed by atoms with Gasteiger partial charge in [0.1, 0.15) is 0 Å². The predicted molar refractivity (Wildman–Crippen MR) is 95.4 cm³/mol. The molecular weight excluding hydrogens is 302 g/mol. The highest BCUT2D eigenvalue weighted by Gasteiger charge is 2.21. The van der Waals surface area contributed by atoms with Crippen molar-refractivity contribution in [1.82, 2.24) is 24.5 Å². The lowest BCUT2D eigenvalue weighted by atomic mass is 10.1. The van der Waals surface area contributed by atoms with Crippen LogP contribution in [0.25, 0.3) is 5.52 Å². The summed E-state index contributed by atoms with van der Waals surface area (Å²) in [4.78, 5) is 21.6. The molecule has 1 atom stereocenters. The molecule has 1 fully saturated rings. The Morgan fingerprint density at radius 1 is 1.29 bits per heavy atom. The normalized spacial score (nSPS) is 18.0. The second kappa shape index (κ2) is 7.32. The number of amides is 1. The molecule has 24 heavy (non-hydrogen) atoms. The van der Waals surface area contributed by atoms with Gasteiger partial charge < -0.3 is 14.6 Å². The van der Waals surface area contributed by atoms with Crippen LogP contribution in [0.15, 0.2) is 24.7 Å². The number of imidazole rings is 1. The van der Waals surface area contributed by atoms with Crippen molar-refractivity contribution in [3.05, 3.63) is 35.9 Å². The largest absolute Gasteiger partial charge is 0.350 e. The van der Waals surface area contributed by atoms with E-state index in [-0.39, 0.29) is 5.91 Å². The molecule has 0 aliphatic carbocycles. The number of piperazine rings is 1. The summed E-state index contributed by atoms with van der Waals surface area (Å²) in [6, 6.07) is 4.17. The van der Waals surface area contributed by atoms with Crippen LogP contribution in [0.4, 0.5) is 0 Å². The first-order valence-electron chi connectivity index (χ1n) is 8.76. The first-order chi connectivity index (χ1) is 11.6. The van der Waals surface area contributed by atoms with E-state index in [1.807, 2.05) is 23.5 Å². The summed E-state index contributed by atoms with van der Waals surface area (Å²) in [6.45, 7) is 12.5. The van der Waals surface area contributed by atoms with Gasteiger partial charge in [0.15, 0.2) is 0 Å². The number of aromatic nitrogens is 2. The van der Waals surface area contributed by atoms with Gasteiger partial charge in [-0.3, -0.25) is 9.69 Å². The molecular formula is C18H27N5O. The number of hydrogen-bond acceptors (Lipinski definition) is 4. The smallest absolute Gasteiger partial charge is 0.253 e. The number of carbonyl (C=O) groups excluding carboxylic acids is 1. The molecule has 1 aliphatic rings. The van der Waals surface area contributed by atoms with E-state index >= 15 is 0 Å². The van der Waals surface area contributed by atoms with Gasteiger partial charge in [-0.25, -0.2) is 4.98 Å². The maximum absolute atomic E-state index is 12.5. The zero-order valence-corrected chi connectivity index (χ0v) is 14.8. The van der Waals surface area contributed by atoms with Gasteiger partial charge in [0.2, 0.25) is 0 Å². The summed E-state index contributed by atoms with van der Waals surface area (Å²) in [5.74, 6) is -0.0119. The SMILES string of the molecule is CCN1CCN(C(C)CNC(=O)c2ccc3cncn3c2C)CC1. The van der Waals surface area contributed by atoms with Crippen LogP contribution in [0, 0.1) is 6.92 Å². The fourth-order valence-electron chi connectivity index (χ4n) is 3.35. The van der Waals surface area contributed by atoms with Gasteiger partial charge in [-0.15, -0.1) is 0 Å². The Bertz CT molecular complexity index is 702. The van der Waals surface area contributed by atoms with Crippen molar-refractivity contribution in [3.63, 3.8) is 0 Å². The standard InChI is InChI=1S/C18H27N5O/c1-4-21-7-9-22(10-8-21)14(2)11-20-18(24)17-6-5-16-12-19-13-23(16)15(17)3/h5-6,12-14H,4,7-11H2,1-3H3,(H,20,24). The highest BCUT2D eigenvalue weighted by Crippen LogP contribution is 2.12. The molecule has 0 saturated carbocycles. The van der Waals surface area contributed by atoms with Gasteiger partial charge in [0.25, 0.3) is 5.91 Å². The summed E-state index contributed by atoms with van der Waals surface area (Å²) in [5, 5.41) is 3.09. The molecule has 0 spiro atoms. The maximum atomic E-state index is 12.5. The Labute approximate surface area is 143 Å². The molecule has 1 N–H and O–H groups in total. The molecule has 1 amide bonds. The second-order valence-electron chi connectivity index (χ2n) is 6.55. The molecule has 130 valence electrons. The summed E-state index contributed by atoms with van der Waals surface area (Å²) < 4.78 is 1.95. The average Bonchev–Trinajstić information content (AvgIpc) is 3.09. The van der Waals surface area contributed by atoms with Crippen molar-refractivity contribution in [1.29, 1.82) is 0 Å². The molecule has 0 bridgehead atoms. The van der Waals surface area contributed by atoms with Crippen molar-refractivity contribution < 1.29 is 4.79 Å². The van der Waals surface area contributed by atoms with E-state index in [4.69, 9.17) is 0 Å². The lowest BCUT2D eigenvalue weighted by molar-refractivity contribution is 0.0882. The zero-order chi connectivity index (χ0) is 17.1. The van der Waals surface area contributed by atoms with Crippen LogP contribution in [-0.4, -0.2) is 70.4 Å². The minimum Gasteiger partial charge on any atom is -0.350 e. The van der Waals surface area contributed by atoms with E-state index < -0.39 is 0 Å². The van der Waals surface area contributed by atoms with Gasteiger partial charge in [-0.2, -0.15) is 0 Å². The molecule has 6 nitrogen and oxygen atoms in total. The number of rotatable bonds is 5. The van der Waals surface area contributed by atoms with Crippen LogP contribution in [0.5, 0.6) is 0 Å². The molecule has 6 heteroatoms. The fourth-order valence-corrected chi connectivity index (χ4v) is 3.35. The Kier molecular flexibility index (Phi) is 5.16. The molecule has 0 radical (unpaired) electrons. The summed E-state index contributed by atoms with van der Waals surface area (Å²) in [5.41, 5.74) is 2.64. The van der Waals surface area contributed by atoms with E-state index in [0.29, 0.717) is 18.2 Å².